The van der Waals surface area contributed by atoms with E-state index in [1.807, 2.05) is 18.2 Å². The van der Waals surface area contributed by atoms with Crippen molar-refractivity contribution in [3.05, 3.63) is 24.4 Å². The van der Waals surface area contributed by atoms with Gasteiger partial charge in [0.2, 0.25) is 29.5 Å². The number of aliphatic carboxylic acids is 2. The first kappa shape index (κ1) is 98.5. The maximum atomic E-state index is 13.1. The molecule has 0 fully saturated rings. The molecule has 0 aliphatic carbocycles. The zero-order chi connectivity index (χ0) is 77.2. The molecule has 1 aromatic heterocycles. The summed E-state index contributed by atoms with van der Waals surface area (Å²) in [6.07, 6.45) is 15.0. The summed E-state index contributed by atoms with van der Waals surface area (Å²) in [7, 11) is -2.66. The maximum absolute atomic E-state index is 13.1. The highest BCUT2D eigenvalue weighted by Gasteiger charge is 2.30. The van der Waals surface area contributed by atoms with E-state index >= 15 is 0 Å². The SMILES string of the molecule is COP(=O)(O)OCCCCCCCC(=O)CCSCSC[C@H](NC(=O)[C@H](CCCCC(=N)N)NC(=O)[C@@H](N)CCCN=C(N)N)C(=O)O.COP(=O)([O-])OCCCCCCNC(=O)CCSSc1ccccn1.N=C(N)CCCC[C@H](NC(=O)[C@@H](N)CCCN=C(N)N)C(=O)N[C@@H](CS)C(=O)O. The lowest BCUT2D eigenvalue weighted by Crippen LogP contribution is -2.55. The number of nitrogens with zero attached hydrogens (tertiary/aromatic N) is 3. The Morgan fingerprint density at radius 3 is 1.57 bits per heavy atom. The van der Waals surface area contributed by atoms with Gasteiger partial charge in [0, 0.05) is 100 Å². The van der Waals surface area contributed by atoms with Gasteiger partial charge < -0.3 is 102 Å². The Morgan fingerprint density at radius 2 is 1.09 bits per heavy atom. The number of unbranched alkanes of at least 4 members (excludes halogenated alkanes) is 9. The number of thioether (sulfide) groups is 2. The molecule has 1 aromatic rings. The van der Waals surface area contributed by atoms with Crippen LogP contribution in [0.25, 0.3) is 0 Å². The van der Waals surface area contributed by atoms with Gasteiger partial charge in [0.25, 0.3) is 7.82 Å². The molecule has 0 spiro atoms. The first-order valence-corrected chi connectivity index (χ1v) is 41.3. The minimum atomic E-state index is -4.10. The smallest absolute Gasteiger partial charge is 0.471 e. The molecule has 1 rings (SSSR count). The van der Waals surface area contributed by atoms with Crippen LogP contribution in [0, 0.1) is 10.8 Å². The summed E-state index contributed by atoms with van der Waals surface area (Å²) in [5.74, 6) is -3.43. The number of rotatable bonds is 60. The highest BCUT2D eigenvalue weighted by molar-refractivity contribution is 8.76. The third-order valence-electron chi connectivity index (χ3n) is 13.8. The Balaban J connectivity index is 0. The number of phosphoric acid groups is 2. The highest BCUT2D eigenvalue weighted by atomic mass is 33.1. The standard InChI is InChI=1S/C28H55N8O9PS2.C16H32N8O4S.C15H25N2O5PS2/c1-44-46(42,43)45-16-8-4-2-3-5-10-20(37)14-17-47-19-48-18-23(27(40)41)36-26(39)22(12-6-7-13-24(30)31)35-25(38)21(29)11-9-15-34-28(32)33;17-9(4-3-7-22-16(20)21)13(25)23-10(5-1-2-6-12(18)19)14(26)24-11(8-29)15(27)28;1-21-23(19,20)22-12-7-3-2-5-10-16-14(18)9-13-24-25-15-8-4-6-11-17-15/h21-23H,2-19,29H2,1H3,(H3,30,31)(H,35,38)(H,36,39)(H,40,41)(H,42,43)(H4,32,33,34);9-11,29H,1-8,17H2,(H3,18,19)(H,23,25)(H,24,26)(H,27,28)(H4,20,21,22);4,6,8,11H,2-3,5,7,9-10,12-13H2,1H3,(H,16,18)(H,19,20)/p-1/t21-,22-,23-;9-,10-,11-;/m00./s1. The molecule has 5 amide bonds. The number of Topliss-reactive ketones (excluding diaryl/α,β-unsaturated/α-hetero) is 1. The topological polar surface area (TPSA) is 645 Å². The van der Waals surface area contributed by atoms with Crippen molar-refractivity contribution in [2.75, 3.05) is 75.2 Å². The molecule has 0 saturated heterocycles. The Labute approximate surface area is 619 Å². The molecule has 26 N–H and O–H groups in total. The van der Waals surface area contributed by atoms with Crippen LogP contribution < -0.4 is 77.3 Å². The molecule has 0 radical (unpaired) electrons. The summed E-state index contributed by atoms with van der Waals surface area (Å²) in [6.45, 7) is 1.51. The lowest BCUT2D eigenvalue weighted by atomic mass is 10.1. The molecule has 0 aliphatic rings. The van der Waals surface area contributed by atoms with Crippen LogP contribution in [0.15, 0.2) is 39.4 Å². The summed E-state index contributed by atoms with van der Waals surface area (Å²) >= 11 is 6.72. The van der Waals surface area contributed by atoms with Gasteiger partial charge in [-0.2, -0.15) is 24.4 Å². The van der Waals surface area contributed by atoms with Crippen molar-refractivity contribution < 1.29 is 85.6 Å². The van der Waals surface area contributed by atoms with Crippen molar-refractivity contribution in [1.29, 1.82) is 10.8 Å². The number of nitrogens with one attached hydrogen (secondary N) is 7. The second kappa shape index (κ2) is 61.8. The van der Waals surface area contributed by atoms with E-state index in [9.17, 15) is 57.5 Å². The summed E-state index contributed by atoms with van der Waals surface area (Å²) in [4.78, 5) is 129. The molecule has 43 heteroatoms. The zero-order valence-electron chi connectivity index (χ0n) is 58.2. The number of carbonyl (C=O) groups is 8. The number of nitrogens with two attached hydrogens (primary N) is 8. The quantitative estimate of drug-likeness (QED) is 0.00846. The van der Waals surface area contributed by atoms with E-state index in [0.29, 0.717) is 120 Å². The first-order chi connectivity index (χ1) is 48.3. The second-order valence-electron chi connectivity index (χ2n) is 22.5. The van der Waals surface area contributed by atoms with Crippen LogP contribution in [-0.4, -0.2) is 202 Å². The van der Waals surface area contributed by atoms with Crippen molar-refractivity contribution in [2.24, 2.45) is 55.9 Å². The van der Waals surface area contributed by atoms with E-state index in [1.165, 1.54) is 23.5 Å². The number of aliphatic imine (C=N–C) groups is 2. The Hall–Kier alpha value is -5.52. The van der Waals surface area contributed by atoms with Gasteiger partial charge in [0.1, 0.15) is 35.0 Å². The number of carbonyl (C=O) groups excluding carboxylic acids is 6. The number of hydrogen-bond acceptors (Lipinski definition) is 27. The number of carboxylic acids is 2. The van der Waals surface area contributed by atoms with Gasteiger partial charge >= 0.3 is 19.8 Å². The number of hydrogen-bond donors (Lipinski definition) is 19. The third-order valence-corrected chi connectivity index (χ3v) is 20.7. The minimum Gasteiger partial charge on any atom is -0.756 e. The molecule has 8 atom stereocenters. The molecule has 0 aromatic carbocycles. The zero-order valence-corrected chi connectivity index (χ0v) is 64.2. The molecule has 102 heavy (non-hydrogen) atoms. The van der Waals surface area contributed by atoms with E-state index in [2.05, 4.69) is 67.8 Å². The van der Waals surface area contributed by atoms with Gasteiger partial charge in [-0.15, -0.1) is 11.8 Å². The number of amides is 5. The summed E-state index contributed by atoms with van der Waals surface area (Å²) < 4.78 is 40.0. The predicted molar refractivity (Wildman–Crippen MR) is 402 cm³/mol. The first-order valence-electron chi connectivity index (χ1n) is 33.0. The average Bonchev–Trinajstić information content (AvgIpc) is 0.893. The number of ketones is 1. The van der Waals surface area contributed by atoms with Gasteiger partial charge in [-0.3, -0.25) is 63.2 Å². The minimum absolute atomic E-state index is 0.00523. The fourth-order valence-corrected chi connectivity index (χ4v) is 13.4. The van der Waals surface area contributed by atoms with Crippen LogP contribution in [0.3, 0.4) is 0 Å². The van der Waals surface area contributed by atoms with Gasteiger partial charge in [-0.25, -0.2) is 19.1 Å². The van der Waals surface area contributed by atoms with Crippen molar-refractivity contribution in [2.45, 2.75) is 195 Å². The van der Waals surface area contributed by atoms with Crippen LogP contribution in [0.5, 0.6) is 0 Å². The van der Waals surface area contributed by atoms with Crippen LogP contribution in [-0.2, 0) is 65.6 Å². The molecular weight excluding hydrogens is 1470 g/mol. The number of guanidine groups is 2. The highest BCUT2D eigenvalue weighted by Crippen LogP contribution is 2.42. The number of carboxylic acid groups (broad SMARTS) is 2. The normalized spacial score (nSPS) is 13.8. The summed E-state index contributed by atoms with van der Waals surface area (Å²) in [6, 6.07) is -0.444. The van der Waals surface area contributed by atoms with Crippen LogP contribution >= 0.6 is 73.4 Å². The molecule has 0 saturated carbocycles. The number of thiol groups is 1. The van der Waals surface area contributed by atoms with E-state index < -0.39 is 87.5 Å². The molecule has 36 nitrogen and oxygen atoms in total. The number of aromatic nitrogens is 1. The van der Waals surface area contributed by atoms with Gasteiger partial charge in [0.15, 0.2) is 11.9 Å². The Kier molecular flexibility index (Phi) is 59.7. The van der Waals surface area contributed by atoms with Crippen molar-refractivity contribution in [1.82, 2.24) is 31.6 Å². The fourth-order valence-electron chi connectivity index (χ4n) is 8.17. The predicted octanol–water partition coefficient (Wildman–Crippen LogP) is 2.27. The molecule has 1 heterocycles. The van der Waals surface area contributed by atoms with Crippen LogP contribution in [0.4, 0.5) is 0 Å². The van der Waals surface area contributed by atoms with Crippen molar-refractivity contribution >= 4 is 144 Å². The molecule has 0 bridgehead atoms. The second-order valence-corrected chi connectivity index (χ2v) is 30.9. The molecular formula is C59H111N18O18P2S5-. The fraction of sp³-hybridized carbons (Fsp3) is 0.712. The Bertz CT molecular complexity index is 2760. The van der Waals surface area contributed by atoms with Crippen LogP contribution in [0.2, 0.25) is 0 Å². The Morgan fingerprint density at radius 1 is 0.598 bits per heavy atom. The monoisotopic (exact) mass is 1580 g/mol. The lowest BCUT2D eigenvalue weighted by Gasteiger charge is -2.23. The van der Waals surface area contributed by atoms with Gasteiger partial charge in [-0.05, 0) is 100.0 Å². The maximum Gasteiger partial charge on any atom is 0.471 e. The largest absolute Gasteiger partial charge is 0.756 e. The van der Waals surface area contributed by atoms with E-state index in [4.69, 9.17) is 71.2 Å². The lowest BCUT2D eigenvalue weighted by molar-refractivity contribution is -0.223. The average molecular weight is 1580 g/mol. The number of phosphoric ester groups is 2. The summed E-state index contributed by atoms with van der Waals surface area (Å²) in [5, 5.41) is 47.7. The number of amidine groups is 2. The molecule has 2 unspecified atom stereocenters. The number of pyridine rings is 1. The molecule has 0 aliphatic heterocycles. The van der Waals surface area contributed by atoms with Crippen molar-refractivity contribution in [3.8, 4) is 0 Å². The van der Waals surface area contributed by atoms with Gasteiger partial charge in [-0.1, -0.05) is 61.8 Å². The third kappa shape index (κ3) is 58.8. The van der Waals surface area contributed by atoms with E-state index in [-0.39, 0.29) is 79.3 Å². The summed E-state index contributed by atoms with van der Waals surface area (Å²) in [5.41, 5.74) is 43.6. The van der Waals surface area contributed by atoms with E-state index in [1.54, 1.807) is 27.8 Å². The van der Waals surface area contributed by atoms with Crippen LogP contribution in [0.1, 0.15) is 154 Å². The van der Waals surface area contributed by atoms with Gasteiger partial charge in [0.05, 0.1) is 37.0 Å². The van der Waals surface area contributed by atoms with E-state index in [0.717, 1.165) is 69.9 Å². The molecule has 586 valence electrons. The van der Waals surface area contributed by atoms with Crippen molar-refractivity contribution in [3.63, 3.8) is 0 Å².